The highest BCUT2D eigenvalue weighted by molar-refractivity contribution is 7.80. The predicted octanol–water partition coefficient (Wildman–Crippen LogP) is 5.26. The lowest BCUT2D eigenvalue weighted by molar-refractivity contribution is -0.134. The molecule has 8 heteroatoms. The lowest BCUT2D eigenvalue weighted by Crippen LogP contribution is -2.29. The quantitative estimate of drug-likeness (QED) is 0.716. The Morgan fingerprint density at radius 3 is 2.50 bits per heavy atom. The number of hydrogen-bond donors (Lipinski definition) is 1. The molecule has 2 aromatic rings. The van der Waals surface area contributed by atoms with Crippen molar-refractivity contribution < 1.29 is 17.9 Å². The number of halogens is 4. The summed E-state index contributed by atoms with van der Waals surface area (Å²) in [6.07, 6.45) is -5.53. The van der Waals surface area contributed by atoms with Crippen LogP contribution in [0.15, 0.2) is 47.5 Å². The van der Waals surface area contributed by atoms with Crippen molar-refractivity contribution in [1.82, 2.24) is 0 Å². The van der Waals surface area contributed by atoms with Gasteiger partial charge >= 0.3 is 6.18 Å². The molecule has 0 unspecified atom stereocenters. The smallest absolute Gasteiger partial charge is 0.391 e. The zero-order valence-electron chi connectivity index (χ0n) is 13.6. The van der Waals surface area contributed by atoms with E-state index in [9.17, 15) is 13.2 Å². The molecular weight excluding hydrogens is 385 g/mol. The van der Waals surface area contributed by atoms with Gasteiger partial charge in [0.15, 0.2) is 0 Å². The fourth-order valence-electron chi connectivity index (χ4n) is 2.65. The first kappa shape index (κ1) is 18.7. The van der Waals surface area contributed by atoms with Crippen molar-refractivity contribution in [1.29, 1.82) is 0 Å². The van der Waals surface area contributed by atoms with E-state index in [0.29, 0.717) is 33.3 Å². The fourth-order valence-corrected chi connectivity index (χ4v) is 3.02. The molecule has 1 aliphatic rings. The summed E-state index contributed by atoms with van der Waals surface area (Å²) in [6, 6.07) is 10.7. The van der Waals surface area contributed by atoms with Crippen LogP contribution in [0.2, 0.25) is 5.02 Å². The first-order valence-corrected chi connectivity index (χ1v) is 8.45. The number of aliphatic imine (C=N–C) groups is 1. The molecule has 0 radical (unpaired) electrons. The van der Waals surface area contributed by atoms with E-state index in [-0.39, 0.29) is 4.99 Å². The average Bonchev–Trinajstić information content (AvgIpc) is 2.71. The minimum absolute atomic E-state index is 0.0257. The highest BCUT2D eigenvalue weighted by atomic mass is 35.5. The Labute approximate surface area is 158 Å². The highest BCUT2D eigenvalue weighted by Gasteiger charge is 2.35. The van der Waals surface area contributed by atoms with Crippen LogP contribution in [0.4, 0.5) is 18.9 Å². The maximum Gasteiger partial charge on any atom is 0.391 e. The summed E-state index contributed by atoms with van der Waals surface area (Å²) < 4.78 is 44.2. The molecule has 1 atom stereocenters. The third kappa shape index (κ3) is 4.16. The van der Waals surface area contributed by atoms with Gasteiger partial charge in [-0.3, -0.25) is 4.99 Å². The second-order valence-corrected chi connectivity index (χ2v) is 6.60. The second kappa shape index (κ2) is 7.25. The Morgan fingerprint density at radius 2 is 1.88 bits per heavy atom. The molecule has 3 rings (SSSR count). The Bertz CT molecular complexity index is 866. The van der Waals surface area contributed by atoms with Crippen molar-refractivity contribution in [2.75, 3.05) is 12.4 Å². The van der Waals surface area contributed by atoms with Crippen LogP contribution >= 0.6 is 23.8 Å². The van der Waals surface area contributed by atoms with Crippen LogP contribution in [0, 0.1) is 0 Å². The number of nitrogens with zero attached hydrogens (tertiary/aromatic N) is 1. The molecule has 1 N–H and O–H groups in total. The third-order valence-electron chi connectivity index (χ3n) is 3.87. The lowest BCUT2D eigenvalue weighted by atomic mass is 10.00. The standard InChI is InChI=1S/C18H14ClF3N2OS/c1-25-12-6-7-14-13(8-12)16(10-2-4-11(19)5-3-10)23-15(17(26)24-14)9-18(20,21)22/h2-8,15H,9H2,1H3,(H,24,26)/t15-/m0/s1. The van der Waals surface area contributed by atoms with Gasteiger partial charge in [0.1, 0.15) is 16.8 Å². The molecule has 0 fully saturated rings. The number of anilines is 1. The average molecular weight is 399 g/mol. The van der Waals surface area contributed by atoms with Gasteiger partial charge in [-0.1, -0.05) is 36.0 Å². The minimum atomic E-state index is -4.39. The Hall–Kier alpha value is -2.12. The van der Waals surface area contributed by atoms with Gasteiger partial charge < -0.3 is 10.1 Å². The van der Waals surface area contributed by atoms with Crippen molar-refractivity contribution in [3.8, 4) is 5.75 Å². The molecule has 0 bridgehead atoms. The summed E-state index contributed by atoms with van der Waals surface area (Å²) >= 11 is 11.1. The minimum Gasteiger partial charge on any atom is -0.497 e. The summed E-state index contributed by atoms with van der Waals surface area (Å²) in [4.78, 5) is 4.38. The molecule has 0 saturated heterocycles. The zero-order valence-corrected chi connectivity index (χ0v) is 15.2. The zero-order chi connectivity index (χ0) is 18.9. The van der Waals surface area contributed by atoms with E-state index >= 15 is 0 Å². The van der Waals surface area contributed by atoms with Crippen molar-refractivity contribution in [3.05, 3.63) is 58.6 Å². The number of methoxy groups -OCH3 is 1. The number of benzene rings is 2. The highest BCUT2D eigenvalue weighted by Crippen LogP contribution is 2.32. The number of hydrogen-bond acceptors (Lipinski definition) is 3. The number of nitrogens with one attached hydrogen (secondary N) is 1. The lowest BCUT2D eigenvalue weighted by Gasteiger charge is -2.15. The van der Waals surface area contributed by atoms with Crippen LogP contribution in [0.1, 0.15) is 17.5 Å². The van der Waals surface area contributed by atoms with Gasteiger partial charge in [-0.2, -0.15) is 13.2 Å². The van der Waals surface area contributed by atoms with Crippen molar-refractivity contribution in [2.24, 2.45) is 4.99 Å². The molecule has 0 aliphatic carbocycles. The molecule has 26 heavy (non-hydrogen) atoms. The van der Waals surface area contributed by atoms with Gasteiger partial charge in [0.25, 0.3) is 0 Å². The van der Waals surface area contributed by atoms with Crippen LogP contribution in [-0.2, 0) is 0 Å². The fraction of sp³-hybridized carbons (Fsp3) is 0.222. The SMILES string of the molecule is COc1ccc2c(c1)C(c1ccc(Cl)cc1)=N[C@@H](CC(F)(F)F)C(=S)N2. The Morgan fingerprint density at radius 1 is 1.19 bits per heavy atom. The molecule has 3 nitrogen and oxygen atoms in total. The second-order valence-electron chi connectivity index (χ2n) is 5.72. The van der Waals surface area contributed by atoms with Gasteiger partial charge in [0, 0.05) is 21.8 Å². The monoisotopic (exact) mass is 398 g/mol. The number of fused-ring (bicyclic) bond motifs is 1. The van der Waals surface area contributed by atoms with E-state index < -0.39 is 18.6 Å². The molecule has 0 amide bonds. The summed E-state index contributed by atoms with van der Waals surface area (Å²) in [5.74, 6) is 0.562. The van der Waals surface area contributed by atoms with E-state index in [4.69, 9.17) is 28.6 Å². The number of benzodiazepines with no additional fused rings is 1. The van der Waals surface area contributed by atoms with E-state index in [1.165, 1.54) is 7.11 Å². The van der Waals surface area contributed by atoms with E-state index in [1.807, 2.05) is 0 Å². The Balaban J connectivity index is 2.17. The molecule has 0 aromatic heterocycles. The van der Waals surface area contributed by atoms with Crippen LogP contribution < -0.4 is 10.1 Å². The normalized spacial score (nSPS) is 17.0. The summed E-state index contributed by atoms with van der Waals surface area (Å²) in [6.45, 7) is 0. The molecule has 0 saturated carbocycles. The Kier molecular flexibility index (Phi) is 5.20. The third-order valence-corrected chi connectivity index (χ3v) is 4.50. The maximum atomic E-state index is 13.0. The van der Waals surface area contributed by atoms with Gasteiger partial charge in [0.2, 0.25) is 0 Å². The van der Waals surface area contributed by atoms with E-state index in [1.54, 1.807) is 42.5 Å². The van der Waals surface area contributed by atoms with Crippen LogP contribution in [0.5, 0.6) is 5.75 Å². The predicted molar refractivity (Wildman–Crippen MR) is 101 cm³/mol. The number of thiocarbonyl (C=S) groups is 1. The first-order chi connectivity index (χ1) is 12.3. The van der Waals surface area contributed by atoms with E-state index in [2.05, 4.69) is 10.3 Å². The number of rotatable bonds is 3. The summed E-state index contributed by atoms with van der Waals surface area (Å²) in [7, 11) is 1.52. The molecule has 1 aliphatic heterocycles. The van der Waals surface area contributed by atoms with Crippen LogP contribution in [-0.4, -0.2) is 30.0 Å². The van der Waals surface area contributed by atoms with Gasteiger partial charge in [-0.15, -0.1) is 0 Å². The van der Waals surface area contributed by atoms with Gasteiger partial charge in [-0.25, -0.2) is 0 Å². The summed E-state index contributed by atoms with van der Waals surface area (Å²) in [5, 5.41) is 3.42. The largest absolute Gasteiger partial charge is 0.497 e. The molecule has 0 spiro atoms. The van der Waals surface area contributed by atoms with E-state index in [0.717, 1.165) is 0 Å². The van der Waals surface area contributed by atoms with Gasteiger partial charge in [-0.05, 0) is 30.3 Å². The van der Waals surface area contributed by atoms with Gasteiger partial charge in [0.05, 0.1) is 19.2 Å². The molecule has 1 heterocycles. The maximum absolute atomic E-state index is 13.0. The molecular formula is C18H14ClF3N2OS. The molecule has 136 valence electrons. The number of alkyl halides is 3. The molecule has 2 aromatic carbocycles. The number of ether oxygens (including phenoxy) is 1. The first-order valence-electron chi connectivity index (χ1n) is 7.66. The summed E-state index contributed by atoms with van der Waals surface area (Å²) in [5.41, 5.74) is 2.23. The van der Waals surface area contributed by atoms with Crippen LogP contribution in [0.3, 0.4) is 0 Å². The van der Waals surface area contributed by atoms with Crippen molar-refractivity contribution in [3.63, 3.8) is 0 Å². The topological polar surface area (TPSA) is 33.6 Å². The van der Waals surface area contributed by atoms with Crippen molar-refractivity contribution >= 4 is 40.2 Å². The van der Waals surface area contributed by atoms with Crippen molar-refractivity contribution in [2.45, 2.75) is 18.6 Å². The van der Waals surface area contributed by atoms with Crippen LogP contribution in [0.25, 0.3) is 0 Å².